The summed E-state index contributed by atoms with van der Waals surface area (Å²) in [6.07, 6.45) is 3.90. The highest BCUT2D eigenvalue weighted by atomic mass is 79.9. The van der Waals surface area contributed by atoms with Crippen LogP contribution in [0.15, 0.2) is 16.7 Å². The van der Waals surface area contributed by atoms with E-state index < -0.39 is 0 Å². The molecule has 0 saturated carbocycles. The van der Waals surface area contributed by atoms with Crippen molar-refractivity contribution in [2.45, 2.75) is 26.7 Å². The van der Waals surface area contributed by atoms with Crippen LogP contribution in [0, 0.1) is 11.8 Å². The molecule has 1 aliphatic heterocycles. The van der Waals surface area contributed by atoms with Crippen molar-refractivity contribution in [2.75, 3.05) is 25.5 Å². The Labute approximate surface area is 129 Å². The lowest BCUT2D eigenvalue weighted by Gasteiger charge is -2.34. The van der Waals surface area contributed by atoms with Gasteiger partial charge in [0.05, 0.1) is 5.56 Å². The van der Waals surface area contributed by atoms with Crippen LogP contribution in [0.25, 0.3) is 0 Å². The molecule has 1 saturated heterocycles. The number of amides is 1. The van der Waals surface area contributed by atoms with Crippen LogP contribution >= 0.6 is 15.9 Å². The molecule has 0 aromatic carbocycles. The summed E-state index contributed by atoms with van der Waals surface area (Å²) in [4.78, 5) is 18.8. The number of hydrogen-bond donors (Lipinski definition) is 1. The SMILES string of the molecule is CNc1ncc(Br)cc1C(=O)N1CCC(C(C)C)CC1. The van der Waals surface area contributed by atoms with E-state index in [2.05, 4.69) is 40.1 Å². The Hall–Kier alpha value is -1.10. The molecule has 2 heterocycles. The van der Waals surface area contributed by atoms with Crippen molar-refractivity contribution in [3.8, 4) is 0 Å². The van der Waals surface area contributed by atoms with Crippen LogP contribution in [0.1, 0.15) is 37.0 Å². The Morgan fingerprint density at radius 2 is 2.10 bits per heavy atom. The van der Waals surface area contributed by atoms with Crippen molar-refractivity contribution in [3.05, 3.63) is 22.3 Å². The number of pyridine rings is 1. The standard InChI is InChI=1S/C15H22BrN3O/c1-10(2)11-4-6-19(7-5-11)15(20)13-8-12(16)9-18-14(13)17-3/h8-11H,4-7H2,1-3H3,(H,17,18). The number of halogens is 1. The number of anilines is 1. The Kier molecular flexibility index (Phi) is 5.02. The zero-order valence-corrected chi connectivity index (χ0v) is 13.9. The lowest BCUT2D eigenvalue weighted by Crippen LogP contribution is -2.39. The van der Waals surface area contributed by atoms with Gasteiger partial charge in [-0.15, -0.1) is 0 Å². The number of nitrogens with zero attached hydrogens (tertiary/aromatic N) is 2. The van der Waals surface area contributed by atoms with Gasteiger partial charge in [-0.1, -0.05) is 13.8 Å². The summed E-state index contributed by atoms with van der Waals surface area (Å²) in [5.74, 6) is 2.16. The molecule has 1 fully saturated rings. The first-order chi connectivity index (χ1) is 9.52. The number of aromatic nitrogens is 1. The molecule has 0 aliphatic carbocycles. The molecule has 20 heavy (non-hydrogen) atoms. The van der Waals surface area contributed by atoms with E-state index in [0.717, 1.165) is 36.3 Å². The minimum absolute atomic E-state index is 0.0744. The Morgan fingerprint density at radius 3 is 2.65 bits per heavy atom. The Bertz CT molecular complexity index is 482. The molecule has 0 spiro atoms. The number of carbonyl (C=O) groups excluding carboxylic acids is 1. The molecule has 1 N–H and O–H groups in total. The van der Waals surface area contributed by atoms with Gasteiger partial charge in [0.2, 0.25) is 0 Å². The zero-order valence-electron chi connectivity index (χ0n) is 12.3. The second-order valence-corrected chi connectivity index (χ2v) is 6.59. The molecule has 110 valence electrons. The predicted octanol–water partition coefficient (Wildman–Crippen LogP) is 3.39. The Balaban J connectivity index is 2.11. The normalized spacial score (nSPS) is 16.6. The number of rotatable bonds is 3. The van der Waals surface area contributed by atoms with Gasteiger partial charge in [-0.3, -0.25) is 4.79 Å². The minimum Gasteiger partial charge on any atom is -0.372 e. The van der Waals surface area contributed by atoms with Crippen LogP contribution in [0.3, 0.4) is 0 Å². The van der Waals surface area contributed by atoms with E-state index in [-0.39, 0.29) is 5.91 Å². The fourth-order valence-electron chi connectivity index (χ4n) is 2.74. The molecule has 0 unspecified atom stereocenters. The van der Waals surface area contributed by atoms with Gasteiger partial charge in [-0.05, 0) is 46.7 Å². The minimum atomic E-state index is 0.0744. The average molecular weight is 340 g/mol. The monoisotopic (exact) mass is 339 g/mol. The molecule has 1 amide bonds. The summed E-state index contributed by atoms with van der Waals surface area (Å²) in [5.41, 5.74) is 0.643. The van der Waals surface area contributed by atoms with Crippen LogP contribution in [-0.2, 0) is 0 Å². The third-order valence-electron chi connectivity index (χ3n) is 4.09. The van der Waals surface area contributed by atoms with Crippen molar-refractivity contribution in [3.63, 3.8) is 0 Å². The number of piperidine rings is 1. The molecule has 2 rings (SSSR count). The number of carbonyl (C=O) groups is 1. The number of hydrogen-bond acceptors (Lipinski definition) is 3. The molecule has 0 radical (unpaired) electrons. The maximum absolute atomic E-state index is 12.6. The second kappa shape index (κ2) is 6.57. The third kappa shape index (κ3) is 3.32. The quantitative estimate of drug-likeness (QED) is 0.917. The van der Waals surface area contributed by atoms with Gasteiger partial charge in [0.15, 0.2) is 0 Å². The zero-order chi connectivity index (χ0) is 14.7. The van der Waals surface area contributed by atoms with Gasteiger partial charge in [-0.2, -0.15) is 0 Å². The third-order valence-corrected chi connectivity index (χ3v) is 4.52. The summed E-state index contributed by atoms with van der Waals surface area (Å²) < 4.78 is 0.830. The summed E-state index contributed by atoms with van der Waals surface area (Å²) >= 11 is 3.39. The van der Waals surface area contributed by atoms with Crippen molar-refractivity contribution >= 4 is 27.7 Å². The van der Waals surface area contributed by atoms with Gasteiger partial charge < -0.3 is 10.2 Å². The molecule has 1 aromatic heterocycles. The number of nitrogens with one attached hydrogen (secondary N) is 1. The Morgan fingerprint density at radius 1 is 1.45 bits per heavy atom. The lowest BCUT2D eigenvalue weighted by atomic mass is 9.86. The van der Waals surface area contributed by atoms with Crippen LogP contribution in [0.5, 0.6) is 0 Å². The van der Waals surface area contributed by atoms with Crippen LogP contribution < -0.4 is 5.32 Å². The van der Waals surface area contributed by atoms with Gasteiger partial charge in [0.1, 0.15) is 5.82 Å². The number of likely N-dealkylation sites (tertiary alicyclic amines) is 1. The first-order valence-corrected chi connectivity index (χ1v) is 7.94. The van der Waals surface area contributed by atoms with E-state index in [1.807, 2.05) is 11.0 Å². The average Bonchev–Trinajstić information content (AvgIpc) is 2.46. The molecule has 1 aliphatic rings. The fraction of sp³-hybridized carbons (Fsp3) is 0.600. The summed E-state index contributed by atoms with van der Waals surface area (Å²) in [7, 11) is 1.79. The smallest absolute Gasteiger partial charge is 0.257 e. The highest BCUT2D eigenvalue weighted by Crippen LogP contribution is 2.27. The fourth-order valence-corrected chi connectivity index (χ4v) is 3.07. The van der Waals surface area contributed by atoms with Crippen molar-refractivity contribution in [1.29, 1.82) is 0 Å². The van der Waals surface area contributed by atoms with E-state index in [9.17, 15) is 4.79 Å². The highest BCUT2D eigenvalue weighted by molar-refractivity contribution is 9.10. The van der Waals surface area contributed by atoms with Crippen LogP contribution in [0.2, 0.25) is 0 Å². The van der Waals surface area contributed by atoms with E-state index >= 15 is 0 Å². The lowest BCUT2D eigenvalue weighted by molar-refractivity contribution is 0.0668. The van der Waals surface area contributed by atoms with E-state index in [4.69, 9.17) is 0 Å². The summed E-state index contributed by atoms with van der Waals surface area (Å²) in [6, 6.07) is 1.84. The molecule has 0 bridgehead atoms. The van der Waals surface area contributed by atoms with Crippen LogP contribution in [0.4, 0.5) is 5.82 Å². The molecule has 5 heteroatoms. The molecular weight excluding hydrogens is 318 g/mol. The van der Waals surface area contributed by atoms with E-state index in [1.165, 1.54) is 0 Å². The van der Waals surface area contributed by atoms with Gasteiger partial charge in [0, 0.05) is 30.8 Å². The highest BCUT2D eigenvalue weighted by Gasteiger charge is 2.26. The van der Waals surface area contributed by atoms with Gasteiger partial charge in [0.25, 0.3) is 5.91 Å². The molecule has 1 aromatic rings. The molecule has 0 atom stereocenters. The van der Waals surface area contributed by atoms with Gasteiger partial charge >= 0.3 is 0 Å². The van der Waals surface area contributed by atoms with Crippen molar-refractivity contribution < 1.29 is 4.79 Å². The maximum atomic E-state index is 12.6. The van der Waals surface area contributed by atoms with Crippen LogP contribution in [-0.4, -0.2) is 35.9 Å². The second-order valence-electron chi connectivity index (χ2n) is 5.67. The van der Waals surface area contributed by atoms with Gasteiger partial charge in [-0.25, -0.2) is 4.98 Å². The maximum Gasteiger partial charge on any atom is 0.257 e. The van der Waals surface area contributed by atoms with Crippen molar-refractivity contribution in [1.82, 2.24) is 9.88 Å². The largest absolute Gasteiger partial charge is 0.372 e. The van der Waals surface area contributed by atoms with E-state index in [0.29, 0.717) is 17.3 Å². The summed E-state index contributed by atoms with van der Waals surface area (Å²) in [6.45, 7) is 6.22. The first-order valence-electron chi connectivity index (χ1n) is 7.15. The molecule has 4 nitrogen and oxygen atoms in total. The summed E-state index contributed by atoms with van der Waals surface area (Å²) in [5, 5.41) is 2.99. The first kappa shape index (κ1) is 15.3. The topological polar surface area (TPSA) is 45.2 Å². The van der Waals surface area contributed by atoms with E-state index in [1.54, 1.807) is 13.2 Å². The molecular formula is C15H22BrN3O. The predicted molar refractivity (Wildman–Crippen MR) is 84.9 cm³/mol. The van der Waals surface area contributed by atoms with Crippen molar-refractivity contribution in [2.24, 2.45) is 11.8 Å².